The smallest absolute Gasteiger partial charge is 0.416 e. The Morgan fingerprint density at radius 2 is 1.90 bits per heavy atom. The molecule has 0 aliphatic carbocycles. The fourth-order valence-electron chi connectivity index (χ4n) is 6.30. The van der Waals surface area contributed by atoms with E-state index in [9.17, 15) is 27.6 Å². The summed E-state index contributed by atoms with van der Waals surface area (Å²) in [5.41, 5.74) is 1.17. The first-order valence-corrected chi connectivity index (χ1v) is 16.3. The molecule has 1 aliphatic heterocycles. The van der Waals surface area contributed by atoms with E-state index in [2.05, 4.69) is 20.3 Å². The van der Waals surface area contributed by atoms with Gasteiger partial charge in [-0.15, -0.1) is 0 Å². The third-order valence-corrected chi connectivity index (χ3v) is 9.12. The van der Waals surface area contributed by atoms with Gasteiger partial charge < -0.3 is 29.0 Å². The molecule has 1 N–H and O–H groups in total. The SMILES string of the molecule is CCc1c(N2CCN(C(=O)c3cccc4ncoc34)C(CC)C2)c(=O)c2nc(N(C)C)cnc2n1CC(=O)Nc1ccc(C(F)(F)F)cc1Cl. The number of amides is 2. The number of halogens is 4. The summed E-state index contributed by atoms with van der Waals surface area (Å²) in [4.78, 5) is 60.4. The van der Waals surface area contributed by atoms with Gasteiger partial charge in [-0.3, -0.25) is 14.4 Å². The zero-order valence-corrected chi connectivity index (χ0v) is 28.5. The Kier molecular flexibility index (Phi) is 9.44. The number of piperazine rings is 1. The van der Waals surface area contributed by atoms with E-state index in [1.807, 2.05) is 18.7 Å². The van der Waals surface area contributed by atoms with Crippen LogP contribution >= 0.6 is 11.6 Å². The van der Waals surface area contributed by atoms with E-state index in [0.717, 1.165) is 18.2 Å². The van der Waals surface area contributed by atoms with Crippen molar-refractivity contribution < 1.29 is 27.2 Å². The first kappa shape index (κ1) is 34.7. The molecule has 0 spiro atoms. The molecule has 0 bridgehead atoms. The summed E-state index contributed by atoms with van der Waals surface area (Å²) in [7, 11) is 3.52. The van der Waals surface area contributed by atoms with E-state index in [4.69, 9.17) is 16.0 Å². The maximum absolute atomic E-state index is 14.3. The number of carbonyl (C=O) groups is 2. The first-order chi connectivity index (χ1) is 23.8. The molecule has 1 fully saturated rings. The number of nitrogens with zero attached hydrogens (tertiary/aromatic N) is 7. The van der Waals surface area contributed by atoms with Crippen LogP contribution in [0.15, 0.2) is 58.2 Å². The third-order valence-electron chi connectivity index (χ3n) is 8.81. The Bertz CT molecular complexity index is 2170. The summed E-state index contributed by atoms with van der Waals surface area (Å²) < 4.78 is 46.7. The number of aromatic nitrogens is 4. The van der Waals surface area contributed by atoms with Gasteiger partial charge in [0.05, 0.1) is 28.0 Å². The lowest BCUT2D eigenvalue weighted by Gasteiger charge is -2.42. The van der Waals surface area contributed by atoms with Crippen LogP contribution in [0.3, 0.4) is 0 Å². The molecular formula is C34H34ClF3N8O4. The highest BCUT2D eigenvalue weighted by Gasteiger charge is 2.35. The Morgan fingerprint density at radius 3 is 2.58 bits per heavy atom. The predicted octanol–water partition coefficient (Wildman–Crippen LogP) is 5.61. The van der Waals surface area contributed by atoms with Crippen LogP contribution in [-0.4, -0.2) is 76.0 Å². The molecule has 2 aromatic carbocycles. The molecule has 50 heavy (non-hydrogen) atoms. The van der Waals surface area contributed by atoms with Gasteiger partial charge in [-0.2, -0.15) is 13.2 Å². The molecule has 262 valence electrons. The number of rotatable bonds is 8. The van der Waals surface area contributed by atoms with Crippen LogP contribution in [0.1, 0.15) is 41.9 Å². The van der Waals surface area contributed by atoms with E-state index in [1.165, 1.54) is 12.6 Å². The highest BCUT2D eigenvalue weighted by Crippen LogP contribution is 2.34. The molecule has 0 saturated carbocycles. The molecule has 4 heterocycles. The lowest BCUT2D eigenvalue weighted by atomic mass is 10.0. The van der Waals surface area contributed by atoms with Gasteiger partial charge in [-0.1, -0.05) is 31.5 Å². The molecule has 6 rings (SSSR count). The van der Waals surface area contributed by atoms with E-state index >= 15 is 0 Å². The monoisotopic (exact) mass is 710 g/mol. The molecule has 1 aliphatic rings. The highest BCUT2D eigenvalue weighted by atomic mass is 35.5. The molecule has 1 atom stereocenters. The van der Waals surface area contributed by atoms with Gasteiger partial charge in [0.1, 0.15) is 23.6 Å². The summed E-state index contributed by atoms with van der Waals surface area (Å²) in [6.45, 7) is 4.43. The Hall–Kier alpha value is -5.18. The number of hydrogen-bond acceptors (Lipinski definition) is 9. The summed E-state index contributed by atoms with van der Waals surface area (Å²) in [5, 5.41) is 2.32. The van der Waals surface area contributed by atoms with Gasteiger partial charge in [0.15, 0.2) is 23.1 Å². The number of oxazole rings is 1. The first-order valence-electron chi connectivity index (χ1n) is 16.0. The molecule has 12 nitrogen and oxygen atoms in total. The number of pyridine rings is 1. The number of para-hydroxylation sites is 1. The van der Waals surface area contributed by atoms with E-state index < -0.39 is 17.6 Å². The Labute approximate surface area is 289 Å². The Morgan fingerprint density at radius 1 is 1.12 bits per heavy atom. The van der Waals surface area contributed by atoms with Crippen molar-refractivity contribution in [3.8, 4) is 0 Å². The predicted molar refractivity (Wildman–Crippen MR) is 184 cm³/mol. The van der Waals surface area contributed by atoms with Crippen molar-refractivity contribution in [2.75, 3.05) is 48.8 Å². The van der Waals surface area contributed by atoms with Crippen molar-refractivity contribution in [1.82, 2.24) is 24.4 Å². The van der Waals surface area contributed by atoms with E-state index in [1.54, 1.807) is 46.7 Å². The Balaban J connectivity index is 1.37. The summed E-state index contributed by atoms with van der Waals surface area (Å²) >= 11 is 6.12. The van der Waals surface area contributed by atoms with Gasteiger partial charge in [0.25, 0.3) is 5.91 Å². The average molecular weight is 711 g/mol. The van der Waals surface area contributed by atoms with Gasteiger partial charge >= 0.3 is 6.18 Å². The molecule has 3 aromatic heterocycles. The van der Waals surface area contributed by atoms with Crippen molar-refractivity contribution in [2.24, 2.45) is 0 Å². The lowest BCUT2D eigenvalue weighted by Crippen LogP contribution is -2.56. The summed E-state index contributed by atoms with van der Waals surface area (Å²) in [5.74, 6) is -0.370. The molecule has 2 amide bonds. The number of benzene rings is 2. The number of alkyl halides is 3. The normalized spacial score (nSPS) is 15.2. The summed E-state index contributed by atoms with van der Waals surface area (Å²) in [6, 6.07) is 7.63. The lowest BCUT2D eigenvalue weighted by molar-refractivity contribution is -0.137. The maximum atomic E-state index is 14.3. The van der Waals surface area contributed by atoms with Crippen LogP contribution in [0, 0.1) is 0 Å². The fourth-order valence-corrected chi connectivity index (χ4v) is 6.53. The minimum Gasteiger partial charge on any atom is -0.443 e. The highest BCUT2D eigenvalue weighted by molar-refractivity contribution is 6.33. The minimum atomic E-state index is -4.60. The summed E-state index contributed by atoms with van der Waals surface area (Å²) in [6.07, 6.45) is -0.878. The number of fused-ring (bicyclic) bond motifs is 2. The number of hydrogen-bond donors (Lipinski definition) is 1. The maximum Gasteiger partial charge on any atom is 0.416 e. The zero-order valence-electron chi connectivity index (χ0n) is 27.7. The minimum absolute atomic E-state index is 0.00173. The molecule has 16 heteroatoms. The van der Waals surface area contributed by atoms with Gasteiger partial charge in [0.2, 0.25) is 11.3 Å². The van der Waals surface area contributed by atoms with Crippen LogP contribution < -0.4 is 20.5 Å². The second-order valence-corrected chi connectivity index (χ2v) is 12.5. The second-order valence-electron chi connectivity index (χ2n) is 12.1. The number of carbonyl (C=O) groups excluding carboxylic acids is 2. The van der Waals surface area contributed by atoms with Crippen LogP contribution in [0.4, 0.5) is 30.4 Å². The molecule has 1 saturated heterocycles. The largest absolute Gasteiger partial charge is 0.443 e. The van der Waals surface area contributed by atoms with Gasteiger partial charge in [-0.25, -0.2) is 15.0 Å². The van der Waals surface area contributed by atoms with Crippen LogP contribution in [-0.2, 0) is 23.9 Å². The number of anilines is 3. The van der Waals surface area contributed by atoms with Crippen LogP contribution in [0.5, 0.6) is 0 Å². The third kappa shape index (κ3) is 6.44. The average Bonchev–Trinajstić information content (AvgIpc) is 3.58. The molecule has 1 unspecified atom stereocenters. The second kappa shape index (κ2) is 13.6. The van der Waals surface area contributed by atoms with Crippen LogP contribution in [0.2, 0.25) is 5.02 Å². The van der Waals surface area contributed by atoms with Gasteiger partial charge in [0, 0.05) is 45.5 Å². The van der Waals surface area contributed by atoms with E-state index in [0.29, 0.717) is 66.3 Å². The fraction of sp³-hybridized carbons (Fsp3) is 0.353. The molecule has 0 radical (unpaired) electrons. The molecule has 5 aromatic rings. The van der Waals surface area contributed by atoms with Gasteiger partial charge in [-0.05, 0) is 43.2 Å². The quantitative estimate of drug-likeness (QED) is 0.218. The zero-order chi connectivity index (χ0) is 35.9. The number of nitrogens with one attached hydrogen (secondary N) is 1. The molecular weight excluding hydrogens is 677 g/mol. The van der Waals surface area contributed by atoms with Crippen molar-refractivity contribution in [1.29, 1.82) is 0 Å². The van der Waals surface area contributed by atoms with Crippen molar-refractivity contribution in [3.05, 3.63) is 81.1 Å². The standard InChI is InChI=1S/C34H34ClF3N8O4/c1-5-20-16-44(12-13-45(20)33(49)21-8-7-9-24-31(21)50-18-40-24)29-25(6-2)46(32-28(30(29)48)42-26(15-39-32)43(3)4)17-27(47)41-23-11-10-19(14-22(23)35)34(36,37)38/h7-11,14-15,18,20H,5-6,12-13,16-17H2,1-4H3,(H,41,47). The van der Waals surface area contributed by atoms with Crippen molar-refractivity contribution in [3.63, 3.8) is 0 Å². The van der Waals surface area contributed by atoms with E-state index in [-0.39, 0.29) is 45.8 Å². The topological polar surface area (TPSA) is 130 Å². The van der Waals surface area contributed by atoms with Crippen molar-refractivity contribution >= 4 is 62.9 Å². The van der Waals surface area contributed by atoms with Crippen LogP contribution in [0.25, 0.3) is 22.3 Å². The van der Waals surface area contributed by atoms with Crippen molar-refractivity contribution in [2.45, 2.75) is 45.5 Å².